The van der Waals surface area contributed by atoms with Crippen LogP contribution in [0.5, 0.6) is 0 Å². The summed E-state index contributed by atoms with van der Waals surface area (Å²) in [5, 5.41) is 3.63. The molecule has 2 atom stereocenters. The highest BCUT2D eigenvalue weighted by atomic mass is 14.9. The molecule has 1 aromatic carbocycles. The van der Waals surface area contributed by atoms with Crippen LogP contribution in [0, 0.1) is 5.92 Å². The lowest BCUT2D eigenvalue weighted by molar-refractivity contribution is 0.473. The fraction of sp³-hybridized carbons (Fsp3) is 0.571. The number of fused-ring (bicyclic) bond motifs is 1. The lowest BCUT2D eigenvalue weighted by atomic mass is 9.83. The van der Waals surface area contributed by atoms with Gasteiger partial charge in [0.05, 0.1) is 0 Å². The van der Waals surface area contributed by atoms with Gasteiger partial charge in [-0.3, -0.25) is 0 Å². The Morgan fingerprint density at radius 3 is 2.81 bits per heavy atom. The first-order valence-electron chi connectivity index (χ1n) is 6.44. The van der Waals surface area contributed by atoms with E-state index >= 15 is 0 Å². The molecule has 1 aliphatic carbocycles. The monoisotopic (exact) mass is 216 g/mol. The van der Waals surface area contributed by atoms with Crippen LogP contribution in [-0.4, -0.2) is 12.6 Å². The third kappa shape index (κ3) is 1.82. The molecule has 1 heterocycles. The Balaban J connectivity index is 1.87. The molecule has 1 saturated carbocycles. The van der Waals surface area contributed by atoms with Crippen LogP contribution >= 0.6 is 0 Å². The summed E-state index contributed by atoms with van der Waals surface area (Å²) in [7, 11) is 0. The van der Waals surface area contributed by atoms with Crippen LogP contribution in [0.25, 0.3) is 0 Å². The molecule has 0 amide bonds. The second-order valence-electron chi connectivity index (χ2n) is 5.19. The summed E-state index contributed by atoms with van der Waals surface area (Å²) in [4.78, 5) is 0. The number of rotatable bonds is 3. The molecule has 1 fully saturated rings. The number of hydrogen-bond acceptors (Lipinski definition) is 2. The lowest BCUT2D eigenvalue weighted by Gasteiger charge is -2.33. The molecule has 0 spiro atoms. The molecule has 0 aromatic heterocycles. The Morgan fingerprint density at radius 2 is 2.06 bits per heavy atom. The first-order valence-corrected chi connectivity index (χ1v) is 6.44. The van der Waals surface area contributed by atoms with Gasteiger partial charge in [-0.05, 0) is 55.7 Å². The van der Waals surface area contributed by atoms with Gasteiger partial charge in [-0.2, -0.15) is 0 Å². The molecule has 2 unspecified atom stereocenters. The molecule has 16 heavy (non-hydrogen) atoms. The summed E-state index contributed by atoms with van der Waals surface area (Å²) in [6.45, 7) is 0.789. The fourth-order valence-electron chi connectivity index (χ4n) is 3.00. The van der Waals surface area contributed by atoms with Gasteiger partial charge in [0.2, 0.25) is 0 Å². The van der Waals surface area contributed by atoms with Crippen molar-refractivity contribution in [2.45, 2.75) is 37.6 Å². The Morgan fingerprint density at radius 1 is 1.25 bits per heavy atom. The zero-order valence-electron chi connectivity index (χ0n) is 9.65. The predicted molar refractivity (Wildman–Crippen MR) is 67.6 cm³/mol. The zero-order chi connectivity index (χ0) is 11.0. The van der Waals surface area contributed by atoms with Gasteiger partial charge in [0.25, 0.3) is 0 Å². The number of nitrogens with one attached hydrogen (secondary N) is 1. The van der Waals surface area contributed by atoms with E-state index in [1.807, 2.05) is 0 Å². The van der Waals surface area contributed by atoms with Crippen molar-refractivity contribution in [3.05, 3.63) is 29.8 Å². The van der Waals surface area contributed by atoms with E-state index in [0.717, 1.165) is 24.8 Å². The quantitative estimate of drug-likeness (QED) is 0.815. The SMILES string of the molecule is NCCC1CC(C2CC2)c2ccccc2N1. The van der Waals surface area contributed by atoms with E-state index in [1.54, 1.807) is 5.56 Å². The molecule has 2 nitrogen and oxygen atoms in total. The van der Waals surface area contributed by atoms with E-state index in [0.29, 0.717) is 6.04 Å². The minimum atomic E-state index is 0.588. The van der Waals surface area contributed by atoms with E-state index in [4.69, 9.17) is 5.73 Å². The number of para-hydroxylation sites is 1. The average molecular weight is 216 g/mol. The normalized spacial score (nSPS) is 28.3. The van der Waals surface area contributed by atoms with E-state index < -0.39 is 0 Å². The van der Waals surface area contributed by atoms with Crippen molar-refractivity contribution in [2.24, 2.45) is 11.7 Å². The van der Waals surface area contributed by atoms with Crippen molar-refractivity contribution < 1.29 is 0 Å². The number of hydrogen-bond donors (Lipinski definition) is 2. The van der Waals surface area contributed by atoms with Crippen molar-refractivity contribution in [2.75, 3.05) is 11.9 Å². The van der Waals surface area contributed by atoms with Gasteiger partial charge >= 0.3 is 0 Å². The van der Waals surface area contributed by atoms with Gasteiger partial charge in [0.15, 0.2) is 0 Å². The first kappa shape index (κ1) is 10.2. The second-order valence-corrected chi connectivity index (χ2v) is 5.19. The minimum absolute atomic E-state index is 0.588. The van der Waals surface area contributed by atoms with Gasteiger partial charge in [-0.25, -0.2) is 0 Å². The van der Waals surface area contributed by atoms with Gasteiger partial charge in [-0.1, -0.05) is 18.2 Å². The third-order valence-electron chi connectivity index (χ3n) is 3.96. The van der Waals surface area contributed by atoms with Gasteiger partial charge in [0, 0.05) is 11.7 Å². The van der Waals surface area contributed by atoms with Crippen molar-refractivity contribution in [1.29, 1.82) is 0 Å². The Kier molecular flexibility index (Phi) is 2.60. The Bertz CT molecular complexity index is 371. The second kappa shape index (κ2) is 4.10. The summed E-state index contributed by atoms with van der Waals surface area (Å²) in [6.07, 6.45) is 5.22. The highest BCUT2D eigenvalue weighted by Gasteiger charge is 2.37. The van der Waals surface area contributed by atoms with E-state index in [-0.39, 0.29) is 0 Å². The third-order valence-corrected chi connectivity index (χ3v) is 3.96. The number of nitrogens with two attached hydrogens (primary N) is 1. The van der Waals surface area contributed by atoms with Crippen LogP contribution in [0.1, 0.15) is 37.2 Å². The molecular formula is C14H20N2. The number of anilines is 1. The average Bonchev–Trinajstić information content (AvgIpc) is 3.12. The van der Waals surface area contributed by atoms with Crippen molar-refractivity contribution in [1.82, 2.24) is 0 Å². The molecular weight excluding hydrogens is 196 g/mol. The highest BCUT2D eigenvalue weighted by Crippen LogP contribution is 2.49. The topological polar surface area (TPSA) is 38.0 Å². The summed E-state index contributed by atoms with van der Waals surface area (Å²) in [5.74, 6) is 1.73. The van der Waals surface area contributed by atoms with Crippen molar-refractivity contribution in [3.8, 4) is 0 Å². The molecule has 0 radical (unpaired) electrons. The molecule has 2 aliphatic rings. The minimum Gasteiger partial charge on any atom is -0.382 e. The van der Waals surface area contributed by atoms with Crippen LogP contribution in [-0.2, 0) is 0 Å². The maximum Gasteiger partial charge on any atom is 0.0377 e. The molecule has 3 rings (SSSR count). The smallest absolute Gasteiger partial charge is 0.0377 e. The van der Waals surface area contributed by atoms with E-state index in [2.05, 4.69) is 29.6 Å². The van der Waals surface area contributed by atoms with Crippen LogP contribution in [0.2, 0.25) is 0 Å². The van der Waals surface area contributed by atoms with Gasteiger partial charge < -0.3 is 11.1 Å². The van der Waals surface area contributed by atoms with Crippen LogP contribution in [0.15, 0.2) is 24.3 Å². The van der Waals surface area contributed by atoms with Crippen molar-refractivity contribution >= 4 is 5.69 Å². The molecule has 1 aromatic rings. The molecule has 3 N–H and O–H groups in total. The maximum atomic E-state index is 5.68. The maximum absolute atomic E-state index is 5.68. The van der Waals surface area contributed by atoms with Gasteiger partial charge in [0.1, 0.15) is 0 Å². The fourth-order valence-corrected chi connectivity index (χ4v) is 3.00. The Hall–Kier alpha value is -1.02. The zero-order valence-corrected chi connectivity index (χ0v) is 9.65. The molecule has 1 aliphatic heterocycles. The Labute approximate surface area is 97.2 Å². The predicted octanol–water partition coefficient (Wildman–Crippen LogP) is 2.71. The van der Waals surface area contributed by atoms with Crippen molar-refractivity contribution in [3.63, 3.8) is 0 Å². The lowest BCUT2D eigenvalue weighted by Crippen LogP contribution is -2.30. The number of benzene rings is 1. The van der Waals surface area contributed by atoms with Crippen LogP contribution < -0.4 is 11.1 Å². The largest absolute Gasteiger partial charge is 0.382 e. The first-order chi connectivity index (χ1) is 7.88. The molecule has 86 valence electrons. The summed E-state index contributed by atoms with van der Waals surface area (Å²) >= 11 is 0. The highest BCUT2D eigenvalue weighted by molar-refractivity contribution is 5.56. The summed E-state index contributed by atoms with van der Waals surface area (Å²) < 4.78 is 0. The molecule has 0 bridgehead atoms. The van der Waals surface area contributed by atoms with Crippen LogP contribution in [0.3, 0.4) is 0 Å². The van der Waals surface area contributed by atoms with E-state index in [1.165, 1.54) is 24.9 Å². The van der Waals surface area contributed by atoms with Crippen LogP contribution in [0.4, 0.5) is 5.69 Å². The standard InChI is InChI=1S/C14H20N2/c15-8-7-11-9-13(10-5-6-10)12-3-1-2-4-14(12)16-11/h1-4,10-11,13,16H,5-9,15H2. The van der Waals surface area contributed by atoms with Gasteiger partial charge in [-0.15, -0.1) is 0 Å². The van der Waals surface area contributed by atoms with E-state index in [9.17, 15) is 0 Å². The summed E-state index contributed by atoms with van der Waals surface area (Å²) in [5.41, 5.74) is 8.57. The molecule has 0 saturated heterocycles. The molecule has 2 heteroatoms. The summed E-state index contributed by atoms with van der Waals surface area (Å²) in [6, 6.07) is 9.39.